The minimum Gasteiger partial charge on any atom is -0.352 e. The lowest BCUT2D eigenvalue weighted by molar-refractivity contribution is -0.255. The van der Waals surface area contributed by atoms with Crippen LogP contribution >= 0.6 is 11.8 Å². The number of ketones is 2. The number of aromatic nitrogens is 2. The van der Waals surface area contributed by atoms with Crippen molar-refractivity contribution in [1.82, 2.24) is 14.9 Å². The minimum absolute atomic E-state index is 0.00189. The molecule has 4 fully saturated rings. The number of nitrogens with zero attached hydrogens (tertiary/aromatic N) is 4. The van der Waals surface area contributed by atoms with Gasteiger partial charge in [-0.05, 0) is 71.7 Å². The number of likely N-dealkylation sites (tertiary alicyclic amines) is 1. The number of hydrogen-bond acceptors (Lipinski definition) is 9. The topological polar surface area (TPSA) is 84.9 Å². The lowest BCUT2D eigenvalue weighted by Gasteiger charge is -2.51. The quantitative estimate of drug-likeness (QED) is 0.244. The minimum atomic E-state index is -0.857. The van der Waals surface area contributed by atoms with Crippen molar-refractivity contribution in [2.24, 2.45) is 11.3 Å². The van der Waals surface area contributed by atoms with Crippen LogP contribution in [-0.2, 0) is 20.7 Å². The molecule has 2 unspecified atom stereocenters. The molecule has 4 heterocycles. The Morgan fingerprint density at radius 3 is 2.54 bits per heavy atom. The van der Waals surface area contributed by atoms with E-state index in [1.807, 2.05) is 6.26 Å². The molecule has 4 atom stereocenters. The van der Waals surface area contributed by atoms with Crippen LogP contribution < -0.4 is 4.90 Å². The summed E-state index contributed by atoms with van der Waals surface area (Å²) in [6.07, 6.45) is 10.8. The number of likely N-dealkylation sites (N-methyl/N-ethyl adjacent to an activating group) is 1. The number of Topliss-reactive ketones (excluding diaryl/α,β-unsaturated/α-hetero) is 2. The highest BCUT2D eigenvalue weighted by atomic mass is 32.2. The first kappa shape index (κ1) is 25.7. The third kappa shape index (κ3) is 3.98. The van der Waals surface area contributed by atoms with Gasteiger partial charge in [0.1, 0.15) is 10.8 Å². The molecule has 0 bridgehead atoms. The van der Waals surface area contributed by atoms with Gasteiger partial charge in [-0.25, -0.2) is 9.97 Å². The van der Waals surface area contributed by atoms with E-state index in [0.29, 0.717) is 31.7 Å². The van der Waals surface area contributed by atoms with Gasteiger partial charge in [0, 0.05) is 30.6 Å². The maximum atomic E-state index is 14.2. The fourth-order valence-corrected chi connectivity index (χ4v) is 8.61. The summed E-state index contributed by atoms with van der Waals surface area (Å²) in [6.45, 7) is 5.33. The number of hydrogen-bond donors (Lipinski definition) is 0. The summed E-state index contributed by atoms with van der Waals surface area (Å²) in [5.74, 6) is -0.709. The third-order valence-corrected chi connectivity index (χ3v) is 10.6. The van der Waals surface area contributed by atoms with Crippen LogP contribution in [0.3, 0.4) is 0 Å². The molecule has 0 radical (unpaired) electrons. The summed E-state index contributed by atoms with van der Waals surface area (Å²) < 4.78 is 12.3. The van der Waals surface area contributed by atoms with Gasteiger partial charge in [-0.15, -0.1) is 11.8 Å². The van der Waals surface area contributed by atoms with Crippen molar-refractivity contribution in [3.05, 3.63) is 11.4 Å². The Morgan fingerprint density at radius 2 is 1.81 bits per heavy atom. The number of thioether (sulfide) groups is 1. The summed E-state index contributed by atoms with van der Waals surface area (Å²) in [5, 5.41) is 0.873. The van der Waals surface area contributed by atoms with E-state index in [4.69, 9.17) is 19.4 Å². The molecule has 202 valence electrons. The van der Waals surface area contributed by atoms with Crippen molar-refractivity contribution >= 4 is 29.1 Å². The van der Waals surface area contributed by atoms with Crippen LogP contribution in [0.2, 0.25) is 0 Å². The van der Waals surface area contributed by atoms with Crippen LogP contribution in [0.25, 0.3) is 0 Å². The van der Waals surface area contributed by atoms with Crippen molar-refractivity contribution < 1.29 is 19.1 Å². The van der Waals surface area contributed by atoms with Gasteiger partial charge in [0.2, 0.25) is 5.78 Å². The summed E-state index contributed by atoms with van der Waals surface area (Å²) >= 11 is 1.57. The molecular formula is C28H40N4O4S. The molecular weight excluding hydrogens is 488 g/mol. The number of ether oxygens (including phenoxy) is 2. The van der Waals surface area contributed by atoms with Gasteiger partial charge in [-0.2, -0.15) is 0 Å². The van der Waals surface area contributed by atoms with Gasteiger partial charge in [-0.3, -0.25) is 9.59 Å². The van der Waals surface area contributed by atoms with E-state index >= 15 is 0 Å². The Kier molecular flexibility index (Phi) is 6.87. The Labute approximate surface area is 224 Å². The van der Waals surface area contributed by atoms with Gasteiger partial charge in [0.25, 0.3) is 0 Å². The summed E-state index contributed by atoms with van der Waals surface area (Å²) in [4.78, 5) is 42.7. The third-order valence-electron chi connectivity index (χ3n) is 9.90. The van der Waals surface area contributed by atoms with E-state index in [0.717, 1.165) is 74.4 Å². The first-order valence-corrected chi connectivity index (χ1v) is 15.4. The van der Waals surface area contributed by atoms with Crippen LogP contribution in [0.1, 0.15) is 80.9 Å². The number of anilines is 1. The fraction of sp³-hybridized carbons (Fsp3) is 0.786. The van der Waals surface area contributed by atoms with Crippen LogP contribution in [0.5, 0.6) is 0 Å². The van der Waals surface area contributed by atoms with E-state index in [2.05, 4.69) is 23.8 Å². The normalized spacial score (nSPS) is 32.4. The molecule has 1 aromatic heterocycles. The van der Waals surface area contributed by atoms with Gasteiger partial charge < -0.3 is 19.3 Å². The van der Waals surface area contributed by atoms with Crippen LogP contribution in [0.4, 0.5) is 5.82 Å². The highest BCUT2D eigenvalue weighted by Crippen LogP contribution is 2.56. The van der Waals surface area contributed by atoms with Gasteiger partial charge >= 0.3 is 0 Å². The average molecular weight is 529 g/mol. The van der Waals surface area contributed by atoms with E-state index in [-0.39, 0.29) is 17.4 Å². The van der Waals surface area contributed by atoms with Crippen molar-refractivity contribution in [3.8, 4) is 0 Å². The van der Waals surface area contributed by atoms with Gasteiger partial charge in [0.05, 0.1) is 24.5 Å². The number of rotatable bonds is 5. The largest absolute Gasteiger partial charge is 0.352 e. The van der Waals surface area contributed by atoms with Crippen LogP contribution in [0, 0.1) is 11.3 Å². The molecule has 2 spiro atoms. The van der Waals surface area contributed by atoms with Crippen molar-refractivity contribution in [3.63, 3.8) is 0 Å². The molecule has 6 rings (SSSR count). The monoisotopic (exact) mass is 528 g/mol. The highest BCUT2D eigenvalue weighted by Gasteiger charge is 2.63. The zero-order chi connectivity index (χ0) is 25.8. The lowest BCUT2D eigenvalue weighted by atomic mass is 9.57. The molecule has 2 saturated carbocycles. The summed E-state index contributed by atoms with van der Waals surface area (Å²) in [5.41, 5.74) is 0.412. The first-order valence-electron chi connectivity index (χ1n) is 14.2. The SMILES string of the molecule is CSc1nc(C(=O)C2CCC[C@@]3(CCCCC34OCCO4)C2=O)nc2c1CCN2C(C)[C@@H]1CCCN1C. The first-order chi connectivity index (χ1) is 17.9. The second kappa shape index (κ2) is 9.88. The summed E-state index contributed by atoms with van der Waals surface area (Å²) in [7, 11) is 2.20. The zero-order valence-electron chi connectivity index (χ0n) is 22.5. The molecule has 1 aromatic rings. The Morgan fingerprint density at radius 1 is 1.05 bits per heavy atom. The Bertz CT molecular complexity index is 1070. The van der Waals surface area contributed by atoms with Crippen molar-refractivity contribution in [1.29, 1.82) is 0 Å². The van der Waals surface area contributed by atoms with E-state index in [9.17, 15) is 9.59 Å². The molecule has 2 aliphatic carbocycles. The standard InChI is InChI=1S/C28H40N4O4S/c1-18(21-9-7-14-31(21)2)32-15-10-20-25(32)29-24(30-26(20)37-3)22(33)19-8-6-12-27(23(19)34)11-4-5-13-28(27)35-16-17-36-28/h18-19,21H,4-17H2,1-3H3/t18?,19?,21-,27-/m0/s1. The average Bonchev–Trinajstić information content (AvgIpc) is 3.66. The predicted molar refractivity (Wildman–Crippen MR) is 142 cm³/mol. The molecule has 3 aliphatic heterocycles. The maximum absolute atomic E-state index is 14.2. The van der Waals surface area contributed by atoms with E-state index in [1.54, 1.807) is 11.8 Å². The fourth-order valence-electron chi connectivity index (χ4n) is 7.99. The van der Waals surface area contributed by atoms with Gasteiger partial charge in [0.15, 0.2) is 17.4 Å². The number of carbonyl (C=O) groups excluding carboxylic acids is 2. The van der Waals surface area contributed by atoms with E-state index in [1.165, 1.54) is 12.8 Å². The molecule has 5 aliphatic rings. The zero-order valence-corrected chi connectivity index (χ0v) is 23.3. The molecule has 8 nitrogen and oxygen atoms in total. The predicted octanol–water partition coefficient (Wildman–Crippen LogP) is 3.90. The van der Waals surface area contributed by atoms with Crippen LogP contribution in [-0.4, -0.2) is 83.9 Å². The second-order valence-electron chi connectivity index (χ2n) is 11.6. The maximum Gasteiger partial charge on any atom is 0.210 e. The Balaban J connectivity index is 1.32. The molecule has 0 aromatic carbocycles. The molecule has 9 heteroatoms. The molecule has 0 amide bonds. The van der Waals surface area contributed by atoms with Crippen molar-refractivity contribution in [2.75, 3.05) is 44.5 Å². The van der Waals surface area contributed by atoms with Crippen molar-refractivity contribution in [2.45, 2.75) is 94.0 Å². The molecule has 2 saturated heterocycles. The van der Waals surface area contributed by atoms with E-state index < -0.39 is 17.1 Å². The lowest BCUT2D eigenvalue weighted by Crippen LogP contribution is -2.60. The number of fused-ring (bicyclic) bond motifs is 2. The molecule has 37 heavy (non-hydrogen) atoms. The summed E-state index contributed by atoms with van der Waals surface area (Å²) in [6, 6.07) is 0.783. The highest BCUT2D eigenvalue weighted by molar-refractivity contribution is 7.98. The molecule has 0 N–H and O–H groups in total. The number of carbonyl (C=O) groups is 2. The second-order valence-corrected chi connectivity index (χ2v) is 12.4. The Hall–Kier alpha value is -1.55. The smallest absolute Gasteiger partial charge is 0.210 e. The van der Waals surface area contributed by atoms with Crippen LogP contribution in [0.15, 0.2) is 5.03 Å². The van der Waals surface area contributed by atoms with Gasteiger partial charge in [-0.1, -0.05) is 12.8 Å².